The molecule has 11 heteroatoms. The lowest BCUT2D eigenvalue weighted by Gasteiger charge is -2.10. The predicted molar refractivity (Wildman–Crippen MR) is 114 cm³/mol. The number of aryl methyl sites for hydroxylation is 2. The highest BCUT2D eigenvalue weighted by molar-refractivity contribution is 5.99. The van der Waals surface area contributed by atoms with Crippen molar-refractivity contribution < 1.29 is 22.7 Å². The maximum absolute atomic E-state index is 13.7. The fourth-order valence-corrected chi connectivity index (χ4v) is 3.00. The predicted octanol–water partition coefficient (Wildman–Crippen LogP) is 5.13. The number of carbonyl (C=O) groups is 1. The number of hydrogen-bond acceptors (Lipinski definition) is 5. The summed E-state index contributed by atoms with van der Waals surface area (Å²) in [6, 6.07) is 10.6. The van der Waals surface area contributed by atoms with Gasteiger partial charge in [-0.1, -0.05) is 0 Å². The highest BCUT2D eigenvalue weighted by Crippen LogP contribution is 2.24. The van der Waals surface area contributed by atoms with E-state index in [4.69, 9.17) is 4.74 Å². The van der Waals surface area contributed by atoms with E-state index >= 15 is 0 Å². The summed E-state index contributed by atoms with van der Waals surface area (Å²) < 4.78 is 47.4. The standard InChI is InChI=1S/C22H17F3N6O2/c1-12-9-13(2)31(30-12)18-10-19(27-11-26-18)33-15-5-3-14(4-6-15)28-22(32)29-17-8-7-16(23)20(24)21(17)25/h3-11H,1-2H3,(H2,28,29,32). The Hall–Kier alpha value is -4.41. The van der Waals surface area contributed by atoms with E-state index in [1.807, 2.05) is 19.9 Å². The fraction of sp³-hybridized carbons (Fsp3) is 0.0909. The third-order valence-corrected chi connectivity index (χ3v) is 4.47. The number of aromatic nitrogens is 4. The molecule has 0 fully saturated rings. The van der Waals surface area contributed by atoms with Crippen LogP contribution in [0.1, 0.15) is 11.4 Å². The molecule has 4 aromatic rings. The molecule has 0 aliphatic rings. The molecular formula is C22H17F3N6O2. The summed E-state index contributed by atoms with van der Waals surface area (Å²) in [4.78, 5) is 20.3. The van der Waals surface area contributed by atoms with Crippen molar-refractivity contribution in [3.05, 3.63) is 83.7 Å². The molecule has 0 aliphatic heterocycles. The van der Waals surface area contributed by atoms with Crippen molar-refractivity contribution in [2.45, 2.75) is 13.8 Å². The van der Waals surface area contributed by atoms with Crippen molar-refractivity contribution in [2.24, 2.45) is 0 Å². The normalized spacial score (nSPS) is 10.7. The lowest BCUT2D eigenvalue weighted by molar-refractivity contribution is 0.262. The van der Waals surface area contributed by atoms with Crippen molar-refractivity contribution in [3.63, 3.8) is 0 Å². The number of carbonyl (C=O) groups excluding carboxylic acids is 1. The van der Waals surface area contributed by atoms with Crippen LogP contribution in [0, 0.1) is 31.3 Å². The van der Waals surface area contributed by atoms with E-state index in [1.165, 1.54) is 6.33 Å². The van der Waals surface area contributed by atoms with Crippen LogP contribution in [0.5, 0.6) is 11.6 Å². The molecule has 0 atom stereocenters. The molecule has 0 spiro atoms. The zero-order valence-electron chi connectivity index (χ0n) is 17.4. The van der Waals surface area contributed by atoms with Crippen LogP contribution in [0.3, 0.4) is 0 Å². The summed E-state index contributed by atoms with van der Waals surface area (Å²) in [5.41, 5.74) is 1.63. The maximum Gasteiger partial charge on any atom is 0.323 e. The minimum absolute atomic E-state index is 0.291. The van der Waals surface area contributed by atoms with E-state index in [1.54, 1.807) is 35.0 Å². The Morgan fingerprint density at radius 3 is 2.39 bits per heavy atom. The lowest BCUT2D eigenvalue weighted by atomic mass is 10.3. The molecule has 2 heterocycles. The zero-order valence-corrected chi connectivity index (χ0v) is 17.4. The highest BCUT2D eigenvalue weighted by Gasteiger charge is 2.15. The second-order valence-electron chi connectivity index (χ2n) is 6.98. The Balaban J connectivity index is 1.41. The SMILES string of the molecule is Cc1cc(C)n(-c2cc(Oc3ccc(NC(=O)Nc4ccc(F)c(F)c4F)cc3)ncn2)n1. The summed E-state index contributed by atoms with van der Waals surface area (Å²) in [6.45, 7) is 3.79. The first kappa shape index (κ1) is 21.8. The smallest absolute Gasteiger partial charge is 0.323 e. The van der Waals surface area contributed by atoms with Crippen LogP contribution in [0.25, 0.3) is 5.82 Å². The van der Waals surface area contributed by atoms with Crippen LogP contribution >= 0.6 is 0 Å². The Kier molecular flexibility index (Phi) is 5.94. The number of rotatable bonds is 5. The van der Waals surface area contributed by atoms with E-state index < -0.39 is 29.2 Å². The molecule has 0 aliphatic carbocycles. The lowest BCUT2D eigenvalue weighted by Crippen LogP contribution is -2.20. The first-order valence-electron chi connectivity index (χ1n) is 9.65. The number of amides is 2. The van der Waals surface area contributed by atoms with E-state index in [0.717, 1.165) is 17.5 Å². The second-order valence-corrected chi connectivity index (χ2v) is 6.98. The molecule has 0 bridgehead atoms. The number of halogens is 3. The first-order valence-corrected chi connectivity index (χ1v) is 9.65. The van der Waals surface area contributed by atoms with Crippen molar-refractivity contribution in [1.82, 2.24) is 19.7 Å². The van der Waals surface area contributed by atoms with Gasteiger partial charge in [0.2, 0.25) is 5.88 Å². The summed E-state index contributed by atoms with van der Waals surface area (Å²) >= 11 is 0. The summed E-state index contributed by atoms with van der Waals surface area (Å²) in [5.74, 6) is -3.23. The molecule has 168 valence electrons. The van der Waals surface area contributed by atoms with Crippen LogP contribution in [0.4, 0.5) is 29.3 Å². The van der Waals surface area contributed by atoms with Crippen molar-refractivity contribution in [2.75, 3.05) is 10.6 Å². The van der Waals surface area contributed by atoms with Crippen LogP contribution in [0.2, 0.25) is 0 Å². The van der Waals surface area contributed by atoms with Crippen LogP contribution < -0.4 is 15.4 Å². The van der Waals surface area contributed by atoms with Gasteiger partial charge in [0.25, 0.3) is 0 Å². The van der Waals surface area contributed by atoms with Gasteiger partial charge < -0.3 is 15.4 Å². The van der Waals surface area contributed by atoms with Crippen LogP contribution in [0.15, 0.2) is 54.9 Å². The molecule has 4 rings (SSSR count). The molecule has 2 N–H and O–H groups in total. The van der Waals surface area contributed by atoms with Crippen LogP contribution in [-0.2, 0) is 0 Å². The Labute approximate surface area is 186 Å². The molecule has 2 aromatic heterocycles. The van der Waals surface area contributed by atoms with E-state index in [2.05, 4.69) is 25.7 Å². The Morgan fingerprint density at radius 2 is 1.70 bits per heavy atom. The number of urea groups is 1. The number of hydrogen-bond donors (Lipinski definition) is 2. The van der Waals surface area contributed by atoms with Gasteiger partial charge in [-0.05, 0) is 56.3 Å². The fourth-order valence-electron chi connectivity index (χ4n) is 3.00. The first-order chi connectivity index (χ1) is 15.8. The molecular weight excluding hydrogens is 437 g/mol. The molecule has 0 saturated carbocycles. The van der Waals surface area contributed by atoms with Crippen molar-refractivity contribution in [1.29, 1.82) is 0 Å². The number of nitrogens with zero attached hydrogens (tertiary/aromatic N) is 4. The van der Waals surface area contributed by atoms with Gasteiger partial charge in [-0.3, -0.25) is 0 Å². The number of anilines is 2. The highest BCUT2D eigenvalue weighted by atomic mass is 19.2. The van der Waals surface area contributed by atoms with Gasteiger partial charge in [-0.25, -0.2) is 32.6 Å². The molecule has 8 nitrogen and oxygen atoms in total. The summed E-state index contributed by atoms with van der Waals surface area (Å²) in [6.07, 6.45) is 1.36. The van der Waals surface area contributed by atoms with Gasteiger partial charge in [0.05, 0.1) is 11.4 Å². The summed E-state index contributed by atoms with van der Waals surface area (Å²) in [7, 11) is 0. The minimum atomic E-state index is -1.67. The van der Waals surface area contributed by atoms with Gasteiger partial charge in [0, 0.05) is 17.4 Å². The van der Waals surface area contributed by atoms with Gasteiger partial charge >= 0.3 is 6.03 Å². The number of nitrogens with one attached hydrogen (secondary N) is 2. The third-order valence-electron chi connectivity index (χ3n) is 4.47. The molecule has 2 aromatic carbocycles. The van der Waals surface area contributed by atoms with Gasteiger partial charge in [0.15, 0.2) is 23.3 Å². The number of benzene rings is 2. The molecule has 0 saturated heterocycles. The van der Waals surface area contributed by atoms with Crippen LogP contribution in [-0.4, -0.2) is 25.8 Å². The molecule has 2 amide bonds. The minimum Gasteiger partial charge on any atom is -0.439 e. The van der Waals surface area contributed by atoms with Gasteiger partial charge in [-0.2, -0.15) is 5.10 Å². The molecule has 0 unspecified atom stereocenters. The largest absolute Gasteiger partial charge is 0.439 e. The summed E-state index contributed by atoms with van der Waals surface area (Å²) in [5, 5.41) is 8.95. The van der Waals surface area contributed by atoms with Crippen molar-refractivity contribution in [3.8, 4) is 17.4 Å². The second kappa shape index (κ2) is 8.99. The number of ether oxygens (including phenoxy) is 1. The quantitative estimate of drug-likeness (QED) is 0.408. The van der Waals surface area contributed by atoms with Gasteiger partial charge in [0.1, 0.15) is 12.1 Å². The monoisotopic (exact) mass is 454 g/mol. The third kappa shape index (κ3) is 4.92. The zero-order chi connectivity index (χ0) is 23.5. The van der Waals surface area contributed by atoms with E-state index in [9.17, 15) is 18.0 Å². The van der Waals surface area contributed by atoms with E-state index in [-0.39, 0.29) is 0 Å². The average Bonchev–Trinajstić information content (AvgIpc) is 3.13. The molecule has 33 heavy (non-hydrogen) atoms. The van der Waals surface area contributed by atoms with Crippen molar-refractivity contribution >= 4 is 17.4 Å². The Morgan fingerprint density at radius 1 is 0.939 bits per heavy atom. The van der Waals surface area contributed by atoms with Gasteiger partial charge in [-0.15, -0.1) is 0 Å². The average molecular weight is 454 g/mol. The topological polar surface area (TPSA) is 94.0 Å². The van der Waals surface area contributed by atoms with E-state index in [0.29, 0.717) is 29.2 Å². The maximum atomic E-state index is 13.7. The molecule has 0 radical (unpaired) electrons. The Bertz CT molecular complexity index is 1320.